The molecule has 1 heterocycles. The molecule has 3 atom stereocenters. The molecule has 1 amide bonds. The minimum absolute atomic E-state index is 0.128. The Kier molecular flexibility index (Phi) is 4.83. The number of hydrogen-bond acceptors (Lipinski definition) is 4. The topological polar surface area (TPSA) is 80.0 Å². The molecule has 0 aromatic carbocycles. The fourth-order valence-electron chi connectivity index (χ4n) is 2.95. The van der Waals surface area contributed by atoms with Gasteiger partial charge in [0.1, 0.15) is 0 Å². The third-order valence-corrected chi connectivity index (χ3v) is 4.60. The summed E-state index contributed by atoms with van der Waals surface area (Å²) >= 11 is 5.98. The zero-order valence-corrected chi connectivity index (χ0v) is 12.6. The predicted octanol–water partition coefficient (Wildman–Crippen LogP) is 2.58. The fraction of sp³-hybridized carbons (Fsp3) is 0.571. The molecular weight excluding hydrogens is 276 g/mol. The minimum Gasteiger partial charge on any atom is -0.349 e. The lowest BCUT2D eigenvalue weighted by molar-refractivity contribution is 0.0926. The zero-order valence-electron chi connectivity index (χ0n) is 11.8. The standard InChI is InChI=1S/C14H21ClN4O/c1-3-9-4-5-12(8(9)2)18-14(20)10-6-11(15)13(19-16)17-7-10/h6-9,12H,3-5,16H2,1-2H3,(H,17,19)(H,18,20). The summed E-state index contributed by atoms with van der Waals surface area (Å²) in [7, 11) is 0. The summed E-state index contributed by atoms with van der Waals surface area (Å²) < 4.78 is 0. The normalized spacial score (nSPS) is 25.5. The number of aromatic nitrogens is 1. The Hall–Kier alpha value is -1.33. The van der Waals surface area contributed by atoms with E-state index in [2.05, 4.69) is 29.6 Å². The van der Waals surface area contributed by atoms with E-state index in [-0.39, 0.29) is 11.9 Å². The van der Waals surface area contributed by atoms with Crippen molar-refractivity contribution in [1.82, 2.24) is 10.3 Å². The first-order valence-electron chi connectivity index (χ1n) is 6.99. The van der Waals surface area contributed by atoms with Crippen LogP contribution in [0.15, 0.2) is 12.3 Å². The van der Waals surface area contributed by atoms with Gasteiger partial charge in [-0.25, -0.2) is 10.8 Å². The molecule has 6 heteroatoms. The number of carbonyl (C=O) groups excluding carboxylic acids is 1. The SMILES string of the molecule is CCC1CCC(NC(=O)c2cnc(NN)c(Cl)c2)C1C. The van der Waals surface area contributed by atoms with Gasteiger partial charge in [0.05, 0.1) is 10.6 Å². The molecule has 1 aromatic rings. The number of amides is 1. The Bertz CT molecular complexity index is 494. The van der Waals surface area contributed by atoms with Crippen LogP contribution in [-0.4, -0.2) is 16.9 Å². The summed E-state index contributed by atoms with van der Waals surface area (Å²) in [6, 6.07) is 1.81. The molecule has 0 bridgehead atoms. The monoisotopic (exact) mass is 296 g/mol. The Morgan fingerprint density at radius 3 is 2.85 bits per heavy atom. The van der Waals surface area contributed by atoms with Crippen molar-refractivity contribution in [3.63, 3.8) is 0 Å². The van der Waals surface area contributed by atoms with E-state index in [4.69, 9.17) is 17.4 Å². The van der Waals surface area contributed by atoms with Crippen LogP contribution in [0.2, 0.25) is 5.02 Å². The van der Waals surface area contributed by atoms with Crippen LogP contribution in [0.5, 0.6) is 0 Å². The number of nitrogen functional groups attached to an aromatic ring is 1. The van der Waals surface area contributed by atoms with Crippen LogP contribution >= 0.6 is 11.6 Å². The van der Waals surface area contributed by atoms with Gasteiger partial charge in [0.15, 0.2) is 5.82 Å². The van der Waals surface area contributed by atoms with Gasteiger partial charge in [-0.3, -0.25) is 4.79 Å². The average Bonchev–Trinajstić information content (AvgIpc) is 2.79. The first-order chi connectivity index (χ1) is 9.56. The van der Waals surface area contributed by atoms with E-state index in [1.165, 1.54) is 12.6 Å². The van der Waals surface area contributed by atoms with Crippen molar-refractivity contribution in [1.29, 1.82) is 0 Å². The number of hydrazine groups is 1. The predicted molar refractivity (Wildman–Crippen MR) is 80.5 cm³/mol. The van der Waals surface area contributed by atoms with Crippen LogP contribution in [0.25, 0.3) is 0 Å². The van der Waals surface area contributed by atoms with E-state index in [9.17, 15) is 4.79 Å². The van der Waals surface area contributed by atoms with Gasteiger partial charge in [0.2, 0.25) is 0 Å². The third-order valence-electron chi connectivity index (χ3n) is 4.31. The highest BCUT2D eigenvalue weighted by Gasteiger charge is 2.32. The highest BCUT2D eigenvalue weighted by atomic mass is 35.5. The number of hydrogen-bond donors (Lipinski definition) is 3. The molecule has 1 aliphatic carbocycles. The fourth-order valence-corrected chi connectivity index (χ4v) is 3.17. The molecule has 1 aromatic heterocycles. The second kappa shape index (κ2) is 6.41. The number of nitrogens with zero attached hydrogens (tertiary/aromatic N) is 1. The lowest BCUT2D eigenvalue weighted by Gasteiger charge is -2.21. The van der Waals surface area contributed by atoms with E-state index in [0.29, 0.717) is 28.2 Å². The maximum atomic E-state index is 12.2. The van der Waals surface area contributed by atoms with Gasteiger partial charge in [-0.2, -0.15) is 0 Å². The summed E-state index contributed by atoms with van der Waals surface area (Å²) in [4.78, 5) is 16.2. The lowest BCUT2D eigenvalue weighted by atomic mass is 9.93. The third kappa shape index (κ3) is 3.04. The first kappa shape index (κ1) is 15.1. The molecule has 1 aliphatic rings. The highest BCUT2D eigenvalue weighted by molar-refractivity contribution is 6.33. The summed E-state index contributed by atoms with van der Waals surface area (Å²) in [5.41, 5.74) is 2.84. The van der Waals surface area contributed by atoms with Crippen LogP contribution < -0.4 is 16.6 Å². The summed E-state index contributed by atoms with van der Waals surface area (Å²) in [5, 5.41) is 3.42. The molecule has 0 radical (unpaired) electrons. The Balaban J connectivity index is 2.04. The number of anilines is 1. The molecule has 1 saturated carbocycles. The molecule has 1 fully saturated rings. The van der Waals surface area contributed by atoms with Crippen molar-refractivity contribution in [3.8, 4) is 0 Å². The number of nitrogens with two attached hydrogens (primary N) is 1. The summed E-state index contributed by atoms with van der Waals surface area (Å²) in [5.74, 6) is 6.71. The molecule has 110 valence electrons. The highest BCUT2D eigenvalue weighted by Crippen LogP contribution is 2.34. The quantitative estimate of drug-likeness (QED) is 0.589. The van der Waals surface area contributed by atoms with Crippen LogP contribution in [0.3, 0.4) is 0 Å². The largest absolute Gasteiger partial charge is 0.349 e. The average molecular weight is 297 g/mol. The first-order valence-corrected chi connectivity index (χ1v) is 7.37. The van der Waals surface area contributed by atoms with Crippen LogP contribution in [0, 0.1) is 11.8 Å². The number of halogens is 1. The van der Waals surface area contributed by atoms with Crippen molar-refractivity contribution in [3.05, 3.63) is 22.8 Å². The molecule has 0 aliphatic heterocycles. The molecular formula is C14H21ClN4O. The van der Waals surface area contributed by atoms with E-state index < -0.39 is 0 Å². The van der Waals surface area contributed by atoms with E-state index in [1.54, 1.807) is 6.07 Å². The number of pyridine rings is 1. The molecule has 5 nitrogen and oxygen atoms in total. The summed E-state index contributed by atoms with van der Waals surface area (Å²) in [6.45, 7) is 4.41. The van der Waals surface area contributed by atoms with Gasteiger partial charge < -0.3 is 10.7 Å². The second-order valence-electron chi connectivity index (χ2n) is 5.38. The smallest absolute Gasteiger partial charge is 0.253 e. The van der Waals surface area contributed by atoms with E-state index in [1.807, 2.05) is 0 Å². The van der Waals surface area contributed by atoms with Gasteiger partial charge in [0, 0.05) is 12.2 Å². The summed E-state index contributed by atoms with van der Waals surface area (Å²) in [6.07, 6.45) is 4.86. The van der Waals surface area contributed by atoms with Crippen molar-refractivity contribution in [2.45, 2.75) is 39.2 Å². The number of nitrogens with one attached hydrogen (secondary N) is 2. The zero-order chi connectivity index (χ0) is 14.7. The van der Waals surface area contributed by atoms with Gasteiger partial charge in [0.25, 0.3) is 5.91 Å². The van der Waals surface area contributed by atoms with Gasteiger partial charge >= 0.3 is 0 Å². The number of rotatable bonds is 4. The minimum atomic E-state index is -0.128. The molecule has 3 unspecified atom stereocenters. The van der Waals surface area contributed by atoms with Crippen LogP contribution in [0.4, 0.5) is 5.82 Å². The second-order valence-corrected chi connectivity index (χ2v) is 5.79. The molecule has 2 rings (SSSR count). The van der Waals surface area contributed by atoms with Crippen LogP contribution in [0.1, 0.15) is 43.5 Å². The van der Waals surface area contributed by atoms with Gasteiger partial charge in [-0.1, -0.05) is 31.9 Å². The maximum Gasteiger partial charge on any atom is 0.253 e. The van der Waals surface area contributed by atoms with Crippen molar-refractivity contribution in [2.24, 2.45) is 17.7 Å². The van der Waals surface area contributed by atoms with Gasteiger partial charge in [-0.15, -0.1) is 0 Å². The molecule has 4 N–H and O–H groups in total. The molecule has 0 saturated heterocycles. The Morgan fingerprint density at radius 2 is 2.30 bits per heavy atom. The Morgan fingerprint density at radius 1 is 1.55 bits per heavy atom. The van der Waals surface area contributed by atoms with Crippen molar-refractivity contribution < 1.29 is 4.79 Å². The van der Waals surface area contributed by atoms with E-state index in [0.717, 1.165) is 12.8 Å². The molecule has 20 heavy (non-hydrogen) atoms. The number of carbonyl (C=O) groups is 1. The maximum absolute atomic E-state index is 12.2. The van der Waals surface area contributed by atoms with E-state index >= 15 is 0 Å². The van der Waals surface area contributed by atoms with Crippen molar-refractivity contribution >= 4 is 23.3 Å². The molecule has 0 spiro atoms. The van der Waals surface area contributed by atoms with Crippen LogP contribution in [-0.2, 0) is 0 Å². The van der Waals surface area contributed by atoms with Crippen molar-refractivity contribution in [2.75, 3.05) is 5.43 Å². The Labute approximate surface area is 124 Å². The lowest BCUT2D eigenvalue weighted by Crippen LogP contribution is -2.37. The van der Waals surface area contributed by atoms with Gasteiger partial charge in [-0.05, 0) is 30.7 Å².